The quantitative estimate of drug-likeness (QED) is 0.216. The summed E-state index contributed by atoms with van der Waals surface area (Å²) in [5, 5.41) is 32.6. The molecule has 4 aromatic rings. The lowest BCUT2D eigenvalue weighted by Crippen LogP contribution is -2.56. The summed E-state index contributed by atoms with van der Waals surface area (Å²) in [6.45, 7) is 4.29. The molecule has 2 saturated heterocycles. The second kappa shape index (κ2) is 13.8. The molecule has 4 aliphatic rings. The van der Waals surface area contributed by atoms with Crippen molar-refractivity contribution in [2.24, 2.45) is 5.41 Å². The molecule has 0 radical (unpaired) electrons. The topological polar surface area (TPSA) is 134 Å². The number of hydrogen-bond acceptors (Lipinski definition) is 11. The van der Waals surface area contributed by atoms with Crippen LogP contribution in [0.4, 0.5) is 14.6 Å². The minimum atomic E-state index is -0.847. The SMILES string of the molecule is COc1nc(-c2cc(O)cc3cccc(F)c23)c(F)c2nc(OCC34CCCC3N(C3CCC(C)(O)CC3)CCC4)nc(N3CCOCC(O)C3)c12. The van der Waals surface area contributed by atoms with E-state index in [1.807, 2.05) is 6.92 Å². The number of ether oxygens (including phenoxy) is 3. The third-order valence-corrected chi connectivity index (χ3v) is 12.0. The second-order valence-corrected chi connectivity index (χ2v) is 15.5. The zero-order valence-electron chi connectivity index (χ0n) is 29.8. The number of methoxy groups -OCH3 is 1. The monoisotopic (exact) mass is 719 g/mol. The molecule has 52 heavy (non-hydrogen) atoms. The predicted molar refractivity (Wildman–Crippen MR) is 192 cm³/mol. The Morgan fingerprint density at radius 3 is 2.62 bits per heavy atom. The Hall–Kier alpha value is -3.91. The fourth-order valence-electron chi connectivity index (χ4n) is 9.40. The van der Waals surface area contributed by atoms with Gasteiger partial charge >= 0.3 is 6.01 Å². The van der Waals surface area contributed by atoms with Gasteiger partial charge in [0.25, 0.3) is 0 Å². The molecule has 2 saturated carbocycles. The number of aliphatic hydroxyl groups is 2. The number of phenols is 1. The molecular weight excluding hydrogens is 672 g/mol. The highest BCUT2D eigenvalue weighted by atomic mass is 19.1. The maximum Gasteiger partial charge on any atom is 0.319 e. The van der Waals surface area contributed by atoms with Gasteiger partial charge in [-0.15, -0.1) is 0 Å². The molecule has 3 atom stereocenters. The number of halogens is 2. The van der Waals surface area contributed by atoms with Crippen molar-refractivity contribution in [1.82, 2.24) is 19.9 Å². The zero-order chi connectivity index (χ0) is 36.2. The standard InChI is InChI=1S/C39H47F2N5O6/c1-38(49)13-9-24(10-14-38)46-15-5-12-39(11-4-8-29(39)46)22-52-37-43-34-31(35(44-37)45-16-17-51-21-26(48)20-45)36(50-2)42-33(32(34)41)27-19-25(47)18-23-6-3-7-28(40)30(23)27/h3,6-7,18-19,24,26,29,47-49H,4-5,8-17,20-22H2,1-2H3. The van der Waals surface area contributed by atoms with Gasteiger partial charge in [-0.05, 0) is 88.4 Å². The van der Waals surface area contributed by atoms with Gasteiger partial charge in [-0.3, -0.25) is 4.90 Å². The van der Waals surface area contributed by atoms with Crippen LogP contribution < -0.4 is 14.4 Å². The summed E-state index contributed by atoms with van der Waals surface area (Å²) in [6, 6.07) is 7.87. The van der Waals surface area contributed by atoms with Gasteiger partial charge in [0, 0.05) is 41.5 Å². The minimum Gasteiger partial charge on any atom is -0.508 e. The molecule has 4 fully saturated rings. The van der Waals surface area contributed by atoms with E-state index in [-0.39, 0.29) is 69.6 Å². The molecule has 11 nitrogen and oxygen atoms in total. The Morgan fingerprint density at radius 1 is 1.00 bits per heavy atom. The summed E-state index contributed by atoms with van der Waals surface area (Å²) >= 11 is 0. The molecule has 4 heterocycles. The molecule has 3 N–H and O–H groups in total. The normalized spacial score (nSPS) is 28.6. The van der Waals surface area contributed by atoms with Crippen molar-refractivity contribution in [3.63, 3.8) is 0 Å². The lowest BCUT2D eigenvalue weighted by molar-refractivity contribution is -0.0567. The number of fused-ring (bicyclic) bond motifs is 3. The Morgan fingerprint density at radius 2 is 1.81 bits per heavy atom. The highest BCUT2D eigenvalue weighted by Crippen LogP contribution is 2.50. The van der Waals surface area contributed by atoms with E-state index in [1.165, 1.54) is 31.4 Å². The number of benzene rings is 2. The number of anilines is 1. The van der Waals surface area contributed by atoms with E-state index in [0.717, 1.165) is 64.3 Å². The number of pyridine rings is 1. The van der Waals surface area contributed by atoms with Crippen LogP contribution in [-0.4, -0.2) is 106 Å². The molecule has 0 spiro atoms. The zero-order valence-corrected chi connectivity index (χ0v) is 29.8. The van der Waals surface area contributed by atoms with E-state index >= 15 is 8.78 Å². The van der Waals surface area contributed by atoms with Crippen molar-refractivity contribution in [1.29, 1.82) is 0 Å². The number of aliphatic hydroxyl groups excluding tert-OH is 1. The Labute approximate surface area is 301 Å². The van der Waals surface area contributed by atoms with Gasteiger partial charge in [-0.25, -0.2) is 13.8 Å². The number of piperidine rings is 1. The summed E-state index contributed by atoms with van der Waals surface area (Å²) in [5.74, 6) is -1.33. The highest BCUT2D eigenvalue weighted by Gasteiger charge is 2.50. The predicted octanol–water partition coefficient (Wildman–Crippen LogP) is 5.74. The molecular formula is C39H47F2N5O6. The van der Waals surface area contributed by atoms with Crippen molar-refractivity contribution < 1.29 is 38.3 Å². The van der Waals surface area contributed by atoms with Crippen LogP contribution in [0.15, 0.2) is 30.3 Å². The third-order valence-electron chi connectivity index (χ3n) is 12.0. The van der Waals surface area contributed by atoms with Crippen molar-refractivity contribution in [3.05, 3.63) is 42.0 Å². The van der Waals surface area contributed by atoms with E-state index in [1.54, 1.807) is 11.0 Å². The first-order valence-electron chi connectivity index (χ1n) is 18.5. The van der Waals surface area contributed by atoms with Crippen LogP contribution in [0.3, 0.4) is 0 Å². The van der Waals surface area contributed by atoms with Crippen molar-refractivity contribution in [3.8, 4) is 28.9 Å². The van der Waals surface area contributed by atoms with E-state index in [4.69, 9.17) is 19.2 Å². The van der Waals surface area contributed by atoms with Gasteiger partial charge in [0.2, 0.25) is 5.88 Å². The Balaban J connectivity index is 1.21. The van der Waals surface area contributed by atoms with Gasteiger partial charge in [0.15, 0.2) is 5.82 Å². The van der Waals surface area contributed by atoms with Gasteiger partial charge in [0.1, 0.15) is 34.0 Å². The van der Waals surface area contributed by atoms with Crippen molar-refractivity contribution >= 4 is 27.5 Å². The highest BCUT2D eigenvalue weighted by molar-refractivity contribution is 6.02. The molecule has 2 aromatic carbocycles. The Bertz CT molecular complexity index is 1970. The number of hydrogen-bond donors (Lipinski definition) is 3. The van der Waals surface area contributed by atoms with Crippen LogP contribution in [0, 0.1) is 17.0 Å². The van der Waals surface area contributed by atoms with Crippen LogP contribution >= 0.6 is 0 Å². The van der Waals surface area contributed by atoms with E-state index in [2.05, 4.69) is 14.9 Å². The molecule has 8 rings (SSSR count). The maximum absolute atomic E-state index is 17.1. The van der Waals surface area contributed by atoms with Crippen LogP contribution in [0.5, 0.6) is 17.6 Å². The molecule has 2 aromatic heterocycles. The van der Waals surface area contributed by atoms with Gasteiger partial charge in [0.05, 0.1) is 38.6 Å². The second-order valence-electron chi connectivity index (χ2n) is 15.5. The number of phenolic OH excluding ortho intramolecular Hbond substituents is 1. The first-order chi connectivity index (χ1) is 25.1. The fraction of sp³-hybridized carbons (Fsp3) is 0.564. The minimum absolute atomic E-state index is 0.00395. The van der Waals surface area contributed by atoms with Gasteiger partial charge in [-0.1, -0.05) is 18.6 Å². The van der Waals surface area contributed by atoms with Crippen molar-refractivity contribution in [2.45, 2.75) is 88.5 Å². The van der Waals surface area contributed by atoms with Crippen LogP contribution in [0.25, 0.3) is 32.9 Å². The molecule has 0 amide bonds. The summed E-state index contributed by atoms with van der Waals surface area (Å²) in [6.07, 6.45) is 7.91. The van der Waals surface area contributed by atoms with Crippen molar-refractivity contribution in [2.75, 3.05) is 51.5 Å². The van der Waals surface area contributed by atoms with E-state index in [9.17, 15) is 15.3 Å². The van der Waals surface area contributed by atoms with Gasteiger partial charge in [-0.2, -0.15) is 9.97 Å². The number of rotatable bonds is 7. The smallest absolute Gasteiger partial charge is 0.319 e. The first-order valence-corrected chi connectivity index (χ1v) is 18.5. The van der Waals surface area contributed by atoms with Crippen LogP contribution in [0.2, 0.25) is 0 Å². The molecule has 2 aliphatic carbocycles. The average molecular weight is 720 g/mol. The Kier molecular flexibility index (Phi) is 9.34. The summed E-state index contributed by atoms with van der Waals surface area (Å²) < 4.78 is 50.3. The largest absolute Gasteiger partial charge is 0.508 e. The van der Waals surface area contributed by atoms with Crippen LogP contribution in [0.1, 0.15) is 64.7 Å². The number of aromatic nitrogens is 3. The lowest BCUT2D eigenvalue weighted by atomic mass is 9.73. The summed E-state index contributed by atoms with van der Waals surface area (Å²) in [7, 11) is 1.40. The summed E-state index contributed by atoms with van der Waals surface area (Å²) in [4.78, 5) is 18.5. The number of β-amino-alcohol motifs (C(OH)–C–C–N with tert-alkyl or cyclic N) is 1. The molecule has 3 unspecified atom stereocenters. The lowest BCUT2D eigenvalue weighted by Gasteiger charge is -2.51. The molecule has 2 aliphatic heterocycles. The maximum atomic E-state index is 17.1. The van der Waals surface area contributed by atoms with E-state index < -0.39 is 23.3 Å². The molecule has 278 valence electrons. The summed E-state index contributed by atoms with van der Waals surface area (Å²) in [5.41, 5.74) is -1.05. The fourth-order valence-corrected chi connectivity index (χ4v) is 9.40. The van der Waals surface area contributed by atoms with E-state index in [0.29, 0.717) is 37.2 Å². The van der Waals surface area contributed by atoms with Crippen LogP contribution in [-0.2, 0) is 4.74 Å². The first kappa shape index (κ1) is 35.1. The third kappa shape index (κ3) is 6.39. The van der Waals surface area contributed by atoms with Gasteiger partial charge < -0.3 is 34.4 Å². The average Bonchev–Trinajstić information content (AvgIpc) is 3.44. The number of likely N-dealkylation sites (tertiary alicyclic amines) is 1. The molecule has 0 bridgehead atoms. The number of nitrogens with zero attached hydrogens (tertiary/aromatic N) is 5. The molecule has 13 heteroatoms. The number of aromatic hydroxyl groups is 1.